The Bertz CT molecular complexity index is 612. The minimum absolute atomic E-state index is 0.133. The van der Waals surface area contributed by atoms with E-state index >= 15 is 0 Å². The molecule has 1 aromatic carbocycles. The van der Waals surface area contributed by atoms with Crippen LogP contribution in [0.1, 0.15) is 25.5 Å². The number of aliphatic hydroxyl groups is 2. The standard InChI is InChI=1S/C18H26N2O4S/c1-10(12-8-6-5-7-9-12)23-11(2)16-15(22)14(21)13-17(24-16)25-18(19-13)20(3)4/h5-11,13-17,21-22H,1-4H3/t10-,11+,13-,14-,15+,16-,17-/m1/s1. The largest absolute Gasteiger partial charge is 0.388 e. The minimum atomic E-state index is -1.04. The molecule has 25 heavy (non-hydrogen) atoms. The molecule has 2 aliphatic heterocycles. The molecule has 0 spiro atoms. The van der Waals surface area contributed by atoms with E-state index in [2.05, 4.69) is 4.99 Å². The Morgan fingerprint density at radius 3 is 2.48 bits per heavy atom. The fourth-order valence-corrected chi connectivity index (χ4v) is 4.33. The molecule has 0 bridgehead atoms. The first-order chi connectivity index (χ1) is 11.9. The van der Waals surface area contributed by atoms with Crippen LogP contribution in [0.2, 0.25) is 0 Å². The molecule has 1 aromatic rings. The van der Waals surface area contributed by atoms with Gasteiger partial charge in [0.2, 0.25) is 0 Å². The summed E-state index contributed by atoms with van der Waals surface area (Å²) in [4.78, 5) is 6.36. The van der Waals surface area contributed by atoms with Crippen molar-refractivity contribution in [2.45, 2.75) is 55.8 Å². The summed E-state index contributed by atoms with van der Waals surface area (Å²) in [5, 5.41) is 21.8. The third-order valence-electron chi connectivity index (χ3n) is 4.62. The summed E-state index contributed by atoms with van der Waals surface area (Å²) in [7, 11) is 3.80. The van der Waals surface area contributed by atoms with E-state index in [0.717, 1.165) is 10.7 Å². The highest BCUT2D eigenvalue weighted by Gasteiger charge is 2.50. The van der Waals surface area contributed by atoms with Crippen molar-refractivity contribution in [3.63, 3.8) is 0 Å². The summed E-state index contributed by atoms with van der Waals surface area (Å²) in [6.07, 6.45) is -3.11. The summed E-state index contributed by atoms with van der Waals surface area (Å²) in [5.41, 5.74) is 0.755. The lowest BCUT2D eigenvalue weighted by atomic mass is 9.95. The highest BCUT2D eigenvalue weighted by molar-refractivity contribution is 8.14. The van der Waals surface area contributed by atoms with Crippen LogP contribution in [0.5, 0.6) is 0 Å². The molecule has 0 amide bonds. The zero-order valence-corrected chi connectivity index (χ0v) is 15.8. The Balaban J connectivity index is 1.67. The highest BCUT2D eigenvalue weighted by atomic mass is 32.2. The predicted octanol–water partition coefficient (Wildman–Crippen LogP) is 1.63. The Morgan fingerprint density at radius 1 is 1.16 bits per heavy atom. The van der Waals surface area contributed by atoms with Crippen LogP contribution in [0.25, 0.3) is 0 Å². The number of rotatable bonds is 4. The molecule has 6 nitrogen and oxygen atoms in total. The number of aliphatic hydroxyl groups excluding tert-OH is 2. The fraction of sp³-hybridized carbons (Fsp3) is 0.611. The van der Waals surface area contributed by atoms with Gasteiger partial charge in [0.1, 0.15) is 29.8 Å². The van der Waals surface area contributed by atoms with Crippen LogP contribution in [-0.2, 0) is 9.47 Å². The number of nitrogens with zero attached hydrogens (tertiary/aromatic N) is 2. The van der Waals surface area contributed by atoms with Crippen LogP contribution in [0.15, 0.2) is 35.3 Å². The molecule has 138 valence electrons. The van der Waals surface area contributed by atoms with E-state index in [4.69, 9.17) is 9.47 Å². The van der Waals surface area contributed by atoms with E-state index in [1.54, 1.807) is 0 Å². The predicted molar refractivity (Wildman–Crippen MR) is 98.6 cm³/mol. The number of aliphatic imine (C=N–C) groups is 1. The second-order valence-corrected chi connectivity index (χ2v) is 7.82. The number of thioether (sulfide) groups is 1. The van der Waals surface area contributed by atoms with Crippen molar-refractivity contribution in [3.05, 3.63) is 35.9 Å². The van der Waals surface area contributed by atoms with E-state index in [-0.39, 0.29) is 17.6 Å². The normalized spacial score (nSPS) is 34.2. The van der Waals surface area contributed by atoms with E-state index in [9.17, 15) is 10.2 Å². The molecular weight excluding hydrogens is 340 g/mol. The fourth-order valence-electron chi connectivity index (χ4n) is 3.18. The average molecular weight is 366 g/mol. The van der Waals surface area contributed by atoms with Gasteiger partial charge in [-0.1, -0.05) is 42.1 Å². The number of hydrogen-bond donors (Lipinski definition) is 2. The van der Waals surface area contributed by atoms with Crippen molar-refractivity contribution >= 4 is 16.9 Å². The SMILES string of the molecule is C[C@H](O[C@H](C)c1ccccc1)[C@H]1O[C@@H]2SC(N(C)C)=N[C@@H]2[C@@H](O)[C@@H]1O. The first-order valence-electron chi connectivity index (χ1n) is 8.52. The lowest BCUT2D eigenvalue weighted by Gasteiger charge is -2.41. The molecular formula is C18H26N2O4S. The van der Waals surface area contributed by atoms with Crippen molar-refractivity contribution in [1.29, 1.82) is 0 Å². The zero-order chi connectivity index (χ0) is 18.1. The number of benzene rings is 1. The van der Waals surface area contributed by atoms with Crippen LogP contribution in [0, 0.1) is 0 Å². The monoisotopic (exact) mass is 366 g/mol. The van der Waals surface area contributed by atoms with Crippen molar-refractivity contribution < 1.29 is 19.7 Å². The van der Waals surface area contributed by atoms with Crippen LogP contribution in [0.3, 0.4) is 0 Å². The maximum atomic E-state index is 10.5. The summed E-state index contributed by atoms with van der Waals surface area (Å²) >= 11 is 1.47. The van der Waals surface area contributed by atoms with Gasteiger partial charge in [-0.3, -0.25) is 4.99 Å². The number of amidine groups is 1. The maximum Gasteiger partial charge on any atom is 0.161 e. The molecule has 2 heterocycles. The van der Waals surface area contributed by atoms with Gasteiger partial charge in [0.25, 0.3) is 0 Å². The molecule has 0 aliphatic carbocycles. The van der Waals surface area contributed by atoms with Crippen LogP contribution >= 0.6 is 11.8 Å². The third-order valence-corrected chi connectivity index (χ3v) is 5.92. The molecule has 0 radical (unpaired) electrons. The zero-order valence-electron chi connectivity index (χ0n) is 14.9. The van der Waals surface area contributed by atoms with E-state index in [1.165, 1.54) is 11.8 Å². The van der Waals surface area contributed by atoms with Gasteiger partial charge in [0.05, 0.1) is 12.2 Å². The van der Waals surface area contributed by atoms with Gasteiger partial charge < -0.3 is 24.6 Å². The number of fused-ring (bicyclic) bond motifs is 1. The van der Waals surface area contributed by atoms with Gasteiger partial charge >= 0.3 is 0 Å². The lowest BCUT2D eigenvalue weighted by Crippen LogP contribution is -2.58. The van der Waals surface area contributed by atoms with E-state index < -0.39 is 24.4 Å². The van der Waals surface area contributed by atoms with E-state index in [0.29, 0.717) is 0 Å². The van der Waals surface area contributed by atoms with Crippen molar-refractivity contribution in [2.75, 3.05) is 14.1 Å². The van der Waals surface area contributed by atoms with Crippen LogP contribution in [-0.4, -0.2) is 70.3 Å². The van der Waals surface area contributed by atoms with Gasteiger partial charge in [-0.05, 0) is 19.4 Å². The van der Waals surface area contributed by atoms with Crippen molar-refractivity contribution in [3.8, 4) is 0 Å². The average Bonchev–Trinajstić information content (AvgIpc) is 3.03. The molecule has 7 atom stereocenters. The Hall–Kier alpha value is -1.12. The molecule has 2 aliphatic rings. The quantitative estimate of drug-likeness (QED) is 0.844. The topological polar surface area (TPSA) is 74.5 Å². The first-order valence-corrected chi connectivity index (χ1v) is 9.40. The molecule has 1 fully saturated rings. The summed E-state index contributed by atoms with van der Waals surface area (Å²) in [5.74, 6) is 0. The number of ether oxygens (including phenoxy) is 2. The summed E-state index contributed by atoms with van der Waals surface area (Å²) in [6.45, 7) is 3.84. The van der Waals surface area contributed by atoms with E-state index in [1.807, 2.05) is 63.2 Å². The van der Waals surface area contributed by atoms with Gasteiger partial charge in [-0.25, -0.2) is 0 Å². The van der Waals surface area contributed by atoms with Gasteiger partial charge in [0, 0.05) is 14.1 Å². The molecule has 1 saturated heterocycles. The molecule has 2 N–H and O–H groups in total. The lowest BCUT2D eigenvalue weighted by molar-refractivity contribution is -0.198. The molecule has 0 unspecified atom stereocenters. The first kappa shape index (κ1) is 18.7. The molecule has 7 heteroatoms. The highest BCUT2D eigenvalue weighted by Crippen LogP contribution is 2.38. The summed E-state index contributed by atoms with van der Waals surface area (Å²) < 4.78 is 12.1. The van der Waals surface area contributed by atoms with Gasteiger partial charge in [-0.15, -0.1) is 0 Å². The molecule has 0 aromatic heterocycles. The second-order valence-electron chi connectivity index (χ2n) is 6.76. The van der Waals surface area contributed by atoms with Gasteiger partial charge in [0.15, 0.2) is 5.17 Å². The van der Waals surface area contributed by atoms with Crippen LogP contribution < -0.4 is 0 Å². The smallest absolute Gasteiger partial charge is 0.161 e. The Labute approximate surface area is 152 Å². The van der Waals surface area contributed by atoms with Crippen molar-refractivity contribution in [1.82, 2.24) is 4.90 Å². The maximum absolute atomic E-state index is 10.5. The number of hydrogen-bond acceptors (Lipinski definition) is 7. The Morgan fingerprint density at radius 2 is 1.84 bits per heavy atom. The summed E-state index contributed by atoms with van der Waals surface area (Å²) in [6, 6.07) is 9.45. The Kier molecular flexibility index (Phi) is 5.70. The molecule has 0 saturated carbocycles. The minimum Gasteiger partial charge on any atom is -0.388 e. The van der Waals surface area contributed by atoms with Crippen molar-refractivity contribution in [2.24, 2.45) is 4.99 Å². The van der Waals surface area contributed by atoms with Crippen LogP contribution in [0.4, 0.5) is 0 Å². The van der Waals surface area contributed by atoms with Gasteiger partial charge in [-0.2, -0.15) is 0 Å². The molecule has 3 rings (SSSR count). The third kappa shape index (κ3) is 3.85. The second kappa shape index (κ2) is 7.63.